The van der Waals surface area contributed by atoms with Gasteiger partial charge in [-0.05, 0) is 12.8 Å². The Bertz CT molecular complexity index is 282. The van der Waals surface area contributed by atoms with Gasteiger partial charge in [0.2, 0.25) is 0 Å². The number of hydrogen-bond acceptors (Lipinski definition) is 2. The van der Waals surface area contributed by atoms with Crippen LogP contribution in [-0.4, -0.2) is 42.1 Å². The van der Waals surface area contributed by atoms with Crippen LogP contribution in [0.5, 0.6) is 0 Å². The summed E-state index contributed by atoms with van der Waals surface area (Å²) in [5.74, 6) is -5.65. The van der Waals surface area contributed by atoms with Gasteiger partial charge in [0, 0.05) is 13.1 Å². The average molecular weight is 300 g/mol. The van der Waals surface area contributed by atoms with E-state index in [1.54, 1.807) is 0 Å². The van der Waals surface area contributed by atoms with Crippen LogP contribution in [0.2, 0.25) is 0 Å². The van der Waals surface area contributed by atoms with Crippen molar-refractivity contribution >= 4 is 11.6 Å². The van der Waals surface area contributed by atoms with Crippen LogP contribution in [0.4, 0.5) is 26.3 Å². The Hall–Kier alpha value is -0.210. The minimum absolute atomic E-state index is 0.0575. The largest absolute Gasteiger partial charge is 0.428 e. The third kappa shape index (κ3) is 2.70. The Morgan fingerprint density at radius 2 is 1.44 bits per heavy atom. The Kier molecular flexibility index (Phi) is 4.77. The van der Waals surface area contributed by atoms with Crippen LogP contribution in [0, 0.1) is 0 Å². The van der Waals surface area contributed by atoms with Crippen LogP contribution in [0.15, 0.2) is 0 Å². The lowest BCUT2D eigenvalue weighted by molar-refractivity contribution is -0.420. The Morgan fingerprint density at radius 1 is 0.944 bits per heavy atom. The first kappa shape index (κ1) is 15.8. The van der Waals surface area contributed by atoms with Gasteiger partial charge in [0.25, 0.3) is 0 Å². The maximum atomic E-state index is 13.5. The highest BCUT2D eigenvalue weighted by molar-refractivity contribution is 6.17. The van der Waals surface area contributed by atoms with Crippen molar-refractivity contribution in [2.45, 2.75) is 37.3 Å². The molecule has 0 aromatic rings. The normalized spacial score (nSPS) is 20.2. The minimum Gasteiger partial charge on any atom is -0.299 e. The molecule has 0 saturated carbocycles. The van der Waals surface area contributed by atoms with Crippen LogP contribution < -0.4 is 0 Å². The average Bonchev–Trinajstić information content (AvgIpc) is 2.29. The molecule has 9 heteroatoms. The van der Waals surface area contributed by atoms with E-state index in [4.69, 9.17) is 11.6 Å². The summed E-state index contributed by atoms with van der Waals surface area (Å²) < 4.78 is 82.4. The first-order valence-corrected chi connectivity index (χ1v) is 5.78. The van der Waals surface area contributed by atoms with E-state index in [0.717, 1.165) is 0 Å². The number of ether oxygens (including phenoxy) is 1. The number of likely N-dealkylation sites (tertiary alicyclic amines) is 1. The lowest BCUT2D eigenvalue weighted by atomic mass is 10.1. The van der Waals surface area contributed by atoms with Crippen LogP contribution in [0.25, 0.3) is 0 Å². The smallest absolute Gasteiger partial charge is 0.299 e. The second kappa shape index (κ2) is 5.42. The third-order valence-corrected chi connectivity index (χ3v) is 2.84. The van der Waals surface area contributed by atoms with E-state index in [1.807, 2.05) is 0 Å². The summed E-state index contributed by atoms with van der Waals surface area (Å²) in [5.41, 5.74) is 0. The highest BCUT2D eigenvalue weighted by Gasteiger charge is 2.75. The first-order chi connectivity index (χ1) is 8.17. The molecule has 1 saturated heterocycles. The highest BCUT2D eigenvalue weighted by atomic mass is 35.5. The molecule has 0 N–H and O–H groups in total. The molecular weight excluding hydrogens is 288 g/mol. The van der Waals surface area contributed by atoms with Gasteiger partial charge in [0.05, 0.1) is 0 Å². The molecule has 0 radical (unpaired) electrons. The van der Waals surface area contributed by atoms with Crippen molar-refractivity contribution in [1.82, 2.24) is 4.90 Å². The van der Waals surface area contributed by atoms with Crippen molar-refractivity contribution in [2.24, 2.45) is 0 Å². The summed E-state index contributed by atoms with van der Waals surface area (Å²) >= 11 is 4.73. The maximum absolute atomic E-state index is 13.5. The molecular formula is C9H12ClF6NO. The fraction of sp³-hybridized carbons (Fsp3) is 1.00. The number of nitrogens with zero attached hydrogens (tertiary/aromatic N) is 1. The Morgan fingerprint density at radius 3 is 1.89 bits per heavy atom. The van der Waals surface area contributed by atoms with E-state index in [-0.39, 0.29) is 30.8 Å². The molecule has 1 heterocycles. The Labute approximate surface area is 105 Å². The standard InChI is InChI=1S/C9H12ClF6NO/c10-6-18-9(15,16)7(11,12)8(13,14)17-4-2-1-3-5-17/h1-6H2. The quantitative estimate of drug-likeness (QED) is 0.438. The predicted octanol–water partition coefficient (Wildman–Crippen LogP) is 3.51. The number of piperidine rings is 1. The number of alkyl halides is 7. The Balaban J connectivity index is 2.92. The van der Waals surface area contributed by atoms with Crippen LogP contribution in [0.1, 0.15) is 19.3 Å². The zero-order valence-electron chi connectivity index (χ0n) is 9.24. The number of halogens is 7. The van der Waals surface area contributed by atoms with Gasteiger partial charge in [-0.1, -0.05) is 18.0 Å². The van der Waals surface area contributed by atoms with Crippen molar-refractivity contribution < 1.29 is 31.1 Å². The van der Waals surface area contributed by atoms with E-state index in [9.17, 15) is 26.3 Å². The molecule has 0 unspecified atom stereocenters. The maximum Gasteiger partial charge on any atom is 0.428 e. The van der Waals surface area contributed by atoms with Crippen LogP contribution in [-0.2, 0) is 4.74 Å². The molecule has 2 nitrogen and oxygen atoms in total. The number of hydrogen-bond donors (Lipinski definition) is 0. The van der Waals surface area contributed by atoms with Gasteiger partial charge in [0.1, 0.15) is 6.07 Å². The molecule has 1 rings (SSSR count). The van der Waals surface area contributed by atoms with E-state index in [1.165, 1.54) is 0 Å². The summed E-state index contributed by atoms with van der Waals surface area (Å²) in [6.07, 6.45) is -4.20. The highest BCUT2D eigenvalue weighted by Crippen LogP contribution is 2.48. The van der Waals surface area contributed by atoms with Crippen molar-refractivity contribution in [3.8, 4) is 0 Å². The van der Waals surface area contributed by atoms with Crippen molar-refractivity contribution in [3.63, 3.8) is 0 Å². The van der Waals surface area contributed by atoms with Crippen molar-refractivity contribution in [1.29, 1.82) is 0 Å². The lowest BCUT2D eigenvalue weighted by Gasteiger charge is -2.40. The van der Waals surface area contributed by atoms with Gasteiger partial charge in [0.15, 0.2) is 0 Å². The molecule has 1 aliphatic heterocycles. The predicted molar refractivity (Wildman–Crippen MR) is 52.1 cm³/mol. The minimum atomic E-state index is -5.65. The monoisotopic (exact) mass is 299 g/mol. The first-order valence-electron chi connectivity index (χ1n) is 5.25. The topological polar surface area (TPSA) is 12.5 Å². The molecule has 108 valence electrons. The fourth-order valence-corrected chi connectivity index (χ4v) is 1.84. The molecule has 0 aromatic carbocycles. The molecule has 1 aliphatic rings. The summed E-state index contributed by atoms with van der Waals surface area (Å²) in [5, 5.41) is 0. The van der Waals surface area contributed by atoms with Gasteiger partial charge >= 0.3 is 18.1 Å². The van der Waals surface area contributed by atoms with E-state index < -0.39 is 24.1 Å². The molecule has 0 atom stereocenters. The molecule has 1 fully saturated rings. The van der Waals surface area contributed by atoms with Crippen LogP contribution >= 0.6 is 11.6 Å². The third-order valence-electron chi connectivity index (χ3n) is 2.73. The van der Waals surface area contributed by atoms with Crippen LogP contribution in [0.3, 0.4) is 0 Å². The van der Waals surface area contributed by atoms with Gasteiger partial charge in [-0.2, -0.15) is 26.3 Å². The van der Waals surface area contributed by atoms with Gasteiger partial charge < -0.3 is 0 Å². The molecule has 0 aromatic heterocycles. The van der Waals surface area contributed by atoms with Gasteiger partial charge in [-0.3, -0.25) is 4.74 Å². The summed E-state index contributed by atoms with van der Waals surface area (Å²) in [6.45, 7) is -0.723. The molecule has 0 bridgehead atoms. The van der Waals surface area contributed by atoms with Crippen molar-refractivity contribution in [3.05, 3.63) is 0 Å². The fourth-order valence-electron chi connectivity index (χ4n) is 1.71. The van der Waals surface area contributed by atoms with E-state index in [0.29, 0.717) is 6.42 Å². The van der Waals surface area contributed by atoms with E-state index >= 15 is 0 Å². The second-order valence-corrected chi connectivity index (χ2v) is 4.15. The summed E-state index contributed by atoms with van der Waals surface area (Å²) in [7, 11) is 0. The number of rotatable bonds is 5. The lowest BCUT2D eigenvalue weighted by Crippen LogP contribution is -2.63. The second-order valence-electron chi connectivity index (χ2n) is 3.93. The zero-order chi connectivity index (χ0) is 14.0. The molecule has 0 spiro atoms. The summed E-state index contributed by atoms with van der Waals surface area (Å²) in [6, 6.07) is -6.29. The SMILES string of the molecule is FC(F)(OCCl)C(F)(F)C(F)(F)N1CCCCC1. The zero-order valence-corrected chi connectivity index (χ0v) is 10.00. The summed E-state index contributed by atoms with van der Waals surface area (Å²) in [4.78, 5) is 0.0575. The molecule has 0 amide bonds. The van der Waals surface area contributed by atoms with Gasteiger partial charge in [-0.15, -0.1) is 0 Å². The molecule has 18 heavy (non-hydrogen) atoms. The molecule has 0 aliphatic carbocycles. The van der Waals surface area contributed by atoms with Gasteiger partial charge in [-0.25, -0.2) is 4.90 Å². The van der Waals surface area contributed by atoms with Crippen molar-refractivity contribution in [2.75, 3.05) is 19.2 Å². The van der Waals surface area contributed by atoms with E-state index in [2.05, 4.69) is 4.74 Å².